The number of nitrogens with zero attached hydrogens (tertiary/aromatic N) is 2. The van der Waals surface area contributed by atoms with Crippen molar-refractivity contribution in [2.45, 2.75) is 49.9 Å². The van der Waals surface area contributed by atoms with Crippen LogP contribution in [0.1, 0.15) is 38.7 Å². The Morgan fingerprint density at radius 1 is 1.04 bits per heavy atom. The molecule has 0 saturated carbocycles. The van der Waals surface area contributed by atoms with Crippen LogP contribution in [0.5, 0.6) is 0 Å². The van der Waals surface area contributed by atoms with Gasteiger partial charge in [0.25, 0.3) is 11.8 Å². The summed E-state index contributed by atoms with van der Waals surface area (Å²) in [6.45, 7) is 4.87. The average Bonchev–Trinajstić information content (AvgIpc) is 3.56. The Hall–Kier alpha value is -3.17. The number of anilines is 1. The number of imide groups is 1. The SMILES string of the molecule is CC1(C)C2=C3C=C(CC(=O)ON4C(=O)CC(S(=O)(=O)[O-])C4=O)C(=O)OC3CCN2c2c1cc1c3c(cccc23)-c2ccccc2-1.[K+]. The molecule has 3 aromatic carbocycles. The molecule has 13 heteroatoms. The van der Waals surface area contributed by atoms with Gasteiger partial charge in [0, 0.05) is 40.6 Å². The first-order valence-corrected chi connectivity index (χ1v) is 16.0. The van der Waals surface area contributed by atoms with Gasteiger partial charge >= 0.3 is 63.3 Å². The van der Waals surface area contributed by atoms with E-state index in [0.29, 0.717) is 13.0 Å². The molecular weight excluding hydrogens is 640 g/mol. The van der Waals surface area contributed by atoms with Crippen LogP contribution in [-0.4, -0.2) is 59.7 Å². The van der Waals surface area contributed by atoms with E-state index >= 15 is 0 Å². The third-order valence-electron chi connectivity index (χ3n) is 9.46. The smallest absolute Gasteiger partial charge is 0.747 e. The molecule has 0 N–H and O–H groups in total. The minimum absolute atomic E-state index is 0. The van der Waals surface area contributed by atoms with Crippen LogP contribution in [0, 0.1) is 0 Å². The van der Waals surface area contributed by atoms with E-state index in [1.54, 1.807) is 6.08 Å². The predicted molar refractivity (Wildman–Crippen MR) is 159 cm³/mol. The zero-order valence-electron chi connectivity index (χ0n) is 25.2. The quantitative estimate of drug-likeness (QED) is 0.132. The normalized spacial score (nSPS) is 22.2. The van der Waals surface area contributed by atoms with Crippen molar-refractivity contribution in [2.24, 2.45) is 0 Å². The van der Waals surface area contributed by atoms with Gasteiger partial charge in [-0.1, -0.05) is 56.3 Å². The Morgan fingerprint density at radius 3 is 2.43 bits per heavy atom. The monoisotopic (exact) mass is 664 g/mol. The van der Waals surface area contributed by atoms with Gasteiger partial charge in [-0.25, -0.2) is 18.0 Å². The van der Waals surface area contributed by atoms with Crippen LogP contribution >= 0.6 is 0 Å². The van der Waals surface area contributed by atoms with Crippen LogP contribution in [0.2, 0.25) is 0 Å². The van der Waals surface area contributed by atoms with Gasteiger partial charge in [0.05, 0.1) is 18.5 Å². The van der Waals surface area contributed by atoms with Crippen molar-refractivity contribution in [1.29, 1.82) is 0 Å². The van der Waals surface area contributed by atoms with Gasteiger partial charge in [-0.05, 0) is 45.3 Å². The van der Waals surface area contributed by atoms with E-state index in [1.165, 1.54) is 27.6 Å². The molecule has 1 aliphatic carbocycles. The zero-order chi connectivity index (χ0) is 31.6. The first kappa shape index (κ1) is 31.4. The number of hydrogen-bond acceptors (Lipinski definition) is 10. The van der Waals surface area contributed by atoms with E-state index in [-0.39, 0.29) is 62.0 Å². The molecule has 5 aliphatic rings. The third-order valence-corrected chi connectivity index (χ3v) is 10.5. The Kier molecular flexibility index (Phi) is 7.29. The summed E-state index contributed by atoms with van der Waals surface area (Å²) in [6.07, 6.45) is 0.0573. The van der Waals surface area contributed by atoms with E-state index in [2.05, 4.69) is 55.1 Å². The topological polar surface area (TPSA) is 150 Å². The van der Waals surface area contributed by atoms with E-state index in [4.69, 9.17) is 9.57 Å². The standard InChI is InChI=1S/C33H26N2O9S.K/c1-33(2)23-14-21-18-7-4-3-6-17(18)19-8-5-9-20(28(19)21)29(23)34-11-10-24-22(30(33)34)12-16(32(39)43-24)13-27(37)44-35-26(36)15-25(31(35)38)45(40,41)42;/h3-9,12,14,24-25H,10-11,13,15H2,1-2H3,(H,40,41,42);/q;+1/p-1. The fourth-order valence-electron chi connectivity index (χ4n) is 7.55. The summed E-state index contributed by atoms with van der Waals surface area (Å²) in [7, 11) is -5.12. The molecule has 11 nitrogen and oxygen atoms in total. The number of carbonyl (C=O) groups excluding carboxylic acids is 4. The maximum atomic E-state index is 13.0. The molecule has 2 unspecified atom stereocenters. The van der Waals surface area contributed by atoms with Gasteiger partial charge in [0.2, 0.25) is 0 Å². The Morgan fingerprint density at radius 2 is 1.74 bits per heavy atom. The Balaban J connectivity index is 0.00000338. The average molecular weight is 665 g/mol. The number of benzene rings is 3. The number of rotatable bonds is 4. The number of hydrogen-bond donors (Lipinski definition) is 0. The number of allylic oxidation sites excluding steroid dienone is 1. The predicted octanol–water partition coefficient (Wildman–Crippen LogP) is 0.619. The van der Waals surface area contributed by atoms with E-state index < -0.39 is 63.5 Å². The summed E-state index contributed by atoms with van der Waals surface area (Å²) in [5.41, 5.74) is 8.17. The summed E-state index contributed by atoms with van der Waals surface area (Å²) in [4.78, 5) is 57.4. The van der Waals surface area contributed by atoms with Crippen LogP contribution in [0.25, 0.3) is 33.0 Å². The summed E-state index contributed by atoms with van der Waals surface area (Å²) in [5, 5.41) is 0.163. The molecule has 3 aromatic rings. The Labute approximate surface area is 306 Å². The molecule has 4 heterocycles. The van der Waals surface area contributed by atoms with E-state index in [1.807, 2.05) is 12.1 Å². The van der Waals surface area contributed by atoms with Crippen LogP contribution in [0.3, 0.4) is 0 Å². The maximum absolute atomic E-state index is 13.0. The van der Waals surface area contributed by atoms with Crippen molar-refractivity contribution in [3.05, 3.63) is 77.0 Å². The molecule has 2 amide bonds. The van der Waals surface area contributed by atoms with E-state index in [9.17, 15) is 32.1 Å². The number of amides is 2. The molecule has 1 saturated heterocycles. The van der Waals surface area contributed by atoms with Gasteiger partial charge < -0.3 is 19.0 Å². The molecule has 1 fully saturated rings. The fourth-order valence-corrected chi connectivity index (χ4v) is 8.24. The van der Waals surface area contributed by atoms with Gasteiger partial charge in [0.1, 0.15) is 21.5 Å². The molecule has 228 valence electrons. The minimum Gasteiger partial charge on any atom is -0.747 e. The number of hydroxylamine groups is 2. The van der Waals surface area contributed by atoms with Gasteiger partial charge in [-0.15, -0.1) is 5.06 Å². The molecule has 4 aliphatic heterocycles. The number of fused-ring (bicyclic) bond motifs is 8. The fraction of sp³-hybridized carbons (Fsp3) is 0.273. The van der Waals surface area contributed by atoms with Crippen molar-refractivity contribution in [3.8, 4) is 22.3 Å². The second-order valence-corrected chi connectivity index (χ2v) is 13.9. The largest absolute Gasteiger partial charge is 1.00 e. The van der Waals surface area contributed by atoms with Crippen LogP contribution in [0.4, 0.5) is 5.69 Å². The molecule has 46 heavy (non-hydrogen) atoms. The van der Waals surface area contributed by atoms with Crippen molar-refractivity contribution in [3.63, 3.8) is 0 Å². The maximum Gasteiger partial charge on any atom is 1.00 e. The van der Waals surface area contributed by atoms with Crippen molar-refractivity contribution >= 4 is 50.3 Å². The number of esters is 1. The molecule has 8 rings (SSSR count). The van der Waals surface area contributed by atoms with Crippen molar-refractivity contribution < 1.29 is 93.1 Å². The Bertz CT molecular complexity index is 2140. The molecule has 0 aromatic heterocycles. The molecule has 0 bridgehead atoms. The molecule has 0 spiro atoms. The summed E-state index contributed by atoms with van der Waals surface area (Å²) in [5.74, 6) is -4.46. The van der Waals surface area contributed by atoms with Crippen molar-refractivity contribution in [2.75, 3.05) is 11.4 Å². The van der Waals surface area contributed by atoms with Crippen molar-refractivity contribution in [1.82, 2.24) is 5.06 Å². The summed E-state index contributed by atoms with van der Waals surface area (Å²) >= 11 is 0. The second kappa shape index (κ2) is 10.7. The summed E-state index contributed by atoms with van der Waals surface area (Å²) in [6, 6.07) is 17.0. The first-order valence-electron chi connectivity index (χ1n) is 14.5. The second-order valence-electron chi connectivity index (χ2n) is 12.4. The van der Waals surface area contributed by atoms with Crippen LogP contribution in [-0.2, 0) is 44.3 Å². The molecular formula is C33H25KN2O9S. The van der Waals surface area contributed by atoms with Crippen LogP contribution in [0.15, 0.2) is 71.5 Å². The molecule has 2 atom stereocenters. The zero-order valence-corrected chi connectivity index (χ0v) is 29.1. The third kappa shape index (κ3) is 4.44. The van der Waals surface area contributed by atoms with Gasteiger partial charge in [-0.2, -0.15) is 0 Å². The first-order chi connectivity index (χ1) is 21.4. The van der Waals surface area contributed by atoms with Gasteiger partial charge in [-0.3, -0.25) is 9.59 Å². The van der Waals surface area contributed by atoms with Crippen LogP contribution < -0.4 is 56.3 Å². The summed E-state index contributed by atoms with van der Waals surface area (Å²) < 4.78 is 39.8. The number of carbonyl (C=O) groups is 4. The minimum atomic E-state index is -5.12. The molecule has 0 radical (unpaired) electrons. The van der Waals surface area contributed by atoms with Gasteiger partial charge in [0.15, 0.2) is 0 Å². The number of ether oxygens (including phenoxy) is 1. The van der Waals surface area contributed by atoms with E-state index in [0.717, 1.165) is 27.9 Å².